The molecule has 0 atom stereocenters. The van der Waals surface area contributed by atoms with E-state index in [0.29, 0.717) is 38.9 Å². The fourth-order valence-electron chi connectivity index (χ4n) is 3.11. The van der Waals surface area contributed by atoms with Crippen molar-refractivity contribution < 1.29 is 14.3 Å². The Hall–Kier alpha value is -3.07. The zero-order chi connectivity index (χ0) is 22.7. The number of aromatic nitrogens is 3. The predicted molar refractivity (Wildman–Crippen MR) is 126 cm³/mol. The van der Waals surface area contributed by atoms with Crippen LogP contribution in [0.1, 0.15) is 16.1 Å². The van der Waals surface area contributed by atoms with Gasteiger partial charge in [-0.05, 0) is 29.8 Å². The number of carbonyl (C=O) groups excluding carboxylic acids is 1. The largest absolute Gasteiger partial charge is 0.493 e. The van der Waals surface area contributed by atoms with Gasteiger partial charge in [0.15, 0.2) is 11.5 Å². The molecule has 0 unspecified atom stereocenters. The maximum atomic E-state index is 12.8. The van der Waals surface area contributed by atoms with Crippen LogP contribution in [-0.4, -0.2) is 34.9 Å². The lowest BCUT2D eigenvalue weighted by Gasteiger charge is -2.11. The fourth-order valence-corrected chi connectivity index (χ4v) is 4.40. The van der Waals surface area contributed by atoms with E-state index in [1.807, 2.05) is 18.2 Å². The maximum Gasteiger partial charge on any atom is 0.276 e. The predicted octanol–water partition coefficient (Wildman–Crippen LogP) is 5.63. The molecule has 0 saturated carbocycles. The van der Waals surface area contributed by atoms with Gasteiger partial charge in [-0.15, -0.1) is 11.3 Å². The van der Waals surface area contributed by atoms with Crippen LogP contribution in [0.4, 0.5) is 5.82 Å². The van der Waals surface area contributed by atoms with Gasteiger partial charge in [0, 0.05) is 21.5 Å². The smallest absolute Gasteiger partial charge is 0.276 e. The second-order valence-corrected chi connectivity index (χ2v) is 8.34. The van der Waals surface area contributed by atoms with Gasteiger partial charge in [-0.1, -0.05) is 35.3 Å². The molecule has 0 radical (unpaired) electrons. The first-order valence-corrected chi connectivity index (χ1v) is 11.1. The van der Waals surface area contributed by atoms with Crippen molar-refractivity contribution in [2.45, 2.75) is 6.54 Å². The fraction of sp³-hybridized carbons (Fsp3) is 0.136. The first kappa shape index (κ1) is 22.1. The van der Waals surface area contributed by atoms with Crippen molar-refractivity contribution in [3.05, 3.63) is 75.3 Å². The Morgan fingerprint density at radius 3 is 2.75 bits per heavy atom. The van der Waals surface area contributed by atoms with E-state index in [2.05, 4.69) is 15.4 Å². The molecule has 0 aliphatic carbocycles. The molecule has 10 heteroatoms. The summed E-state index contributed by atoms with van der Waals surface area (Å²) in [5.74, 6) is 1.33. The zero-order valence-corrected chi connectivity index (χ0v) is 19.5. The van der Waals surface area contributed by atoms with Gasteiger partial charge < -0.3 is 14.8 Å². The number of hydrogen-bond acceptors (Lipinski definition) is 6. The van der Waals surface area contributed by atoms with Crippen LogP contribution in [0.2, 0.25) is 10.0 Å². The summed E-state index contributed by atoms with van der Waals surface area (Å²) in [6, 6.07) is 12.5. The number of halogens is 2. The summed E-state index contributed by atoms with van der Waals surface area (Å²) in [6.07, 6.45) is 1.60. The van der Waals surface area contributed by atoms with Crippen molar-refractivity contribution in [1.29, 1.82) is 0 Å². The third-order valence-electron chi connectivity index (χ3n) is 4.66. The number of amides is 1. The van der Waals surface area contributed by atoms with E-state index in [0.717, 1.165) is 11.1 Å². The van der Waals surface area contributed by atoms with Crippen molar-refractivity contribution >= 4 is 46.3 Å². The standard InChI is InChI=1S/C22H18Cl2N4O3S/c1-30-18-5-3-4-15(20(18)31-2)22-26-17(12-32-22)21(29)27-19-8-9-25-28(19)11-13-6-7-14(23)10-16(13)24/h3-10,12H,11H2,1-2H3,(H,27,29). The molecule has 7 nitrogen and oxygen atoms in total. The van der Waals surface area contributed by atoms with Crippen molar-refractivity contribution in [3.8, 4) is 22.1 Å². The van der Waals surface area contributed by atoms with Gasteiger partial charge in [-0.25, -0.2) is 9.67 Å². The summed E-state index contributed by atoms with van der Waals surface area (Å²) in [5.41, 5.74) is 1.86. The molecule has 0 bridgehead atoms. The minimum atomic E-state index is -0.349. The Bertz CT molecular complexity index is 1270. The molecular formula is C22H18Cl2N4O3S. The molecule has 2 aromatic heterocycles. The number of anilines is 1. The highest BCUT2D eigenvalue weighted by Crippen LogP contribution is 2.39. The molecule has 0 aliphatic rings. The van der Waals surface area contributed by atoms with E-state index in [-0.39, 0.29) is 11.6 Å². The number of carbonyl (C=O) groups is 1. The lowest BCUT2D eigenvalue weighted by molar-refractivity contribution is 0.102. The molecule has 1 N–H and O–H groups in total. The normalized spacial score (nSPS) is 10.8. The number of thiazole rings is 1. The Kier molecular flexibility index (Phi) is 6.64. The van der Waals surface area contributed by atoms with Crippen LogP contribution in [0.15, 0.2) is 54.0 Å². The average Bonchev–Trinajstić information content (AvgIpc) is 3.45. The van der Waals surface area contributed by atoms with Gasteiger partial charge in [0.1, 0.15) is 16.5 Å². The average molecular weight is 489 g/mol. The molecule has 2 aromatic carbocycles. The molecule has 32 heavy (non-hydrogen) atoms. The number of methoxy groups -OCH3 is 2. The van der Waals surface area contributed by atoms with Gasteiger partial charge in [0.2, 0.25) is 0 Å². The van der Waals surface area contributed by atoms with Crippen LogP contribution in [0.25, 0.3) is 10.6 Å². The molecule has 4 aromatic rings. The highest BCUT2D eigenvalue weighted by Gasteiger charge is 2.18. The third kappa shape index (κ3) is 4.57. The first-order chi connectivity index (χ1) is 15.5. The minimum Gasteiger partial charge on any atom is -0.493 e. The van der Waals surface area contributed by atoms with Crippen molar-refractivity contribution in [3.63, 3.8) is 0 Å². The van der Waals surface area contributed by atoms with Crippen LogP contribution >= 0.6 is 34.5 Å². The summed E-state index contributed by atoms with van der Waals surface area (Å²) in [7, 11) is 3.14. The summed E-state index contributed by atoms with van der Waals surface area (Å²) < 4.78 is 12.5. The molecule has 0 saturated heterocycles. The summed E-state index contributed by atoms with van der Waals surface area (Å²) in [5, 5.41) is 10.6. The van der Waals surface area contributed by atoms with Crippen LogP contribution in [0.5, 0.6) is 11.5 Å². The minimum absolute atomic E-state index is 0.284. The van der Waals surface area contributed by atoms with E-state index in [4.69, 9.17) is 32.7 Å². The summed E-state index contributed by atoms with van der Waals surface area (Å²) in [4.78, 5) is 17.3. The molecular weight excluding hydrogens is 471 g/mol. The molecule has 0 spiro atoms. The summed E-state index contributed by atoms with van der Waals surface area (Å²) in [6.45, 7) is 0.377. The van der Waals surface area contributed by atoms with Gasteiger partial charge in [0.05, 0.1) is 32.5 Å². The van der Waals surface area contributed by atoms with Crippen LogP contribution in [-0.2, 0) is 6.54 Å². The number of ether oxygens (including phenoxy) is 2. The van der Waals surface area contributed by atoms with Crippen molar-refractivity contribution in [2.75, 3.05) is 19.5 Å². The SMILES string of the molecule is COc1cccc(-c2nc(C(=O)Nc3ccnn3Cc3ccc(Cl)cc3Cl)cs2)c1OC. The Balaban J connectivity index is 1.53. The first-order valence-electron chi connectivity index (χ1n) is 9.44. The number of nitrogens with one attached hydrogen (secondary N) is 1. The van der Waals surface area contributed by atoms with Crippen molar-refractivity contribution in [2.24, 2.45) is 0 Å². The van der Waals surface area contributed by atoms with Crippen LogP contribution in [0, 0.1) is 0 Å². The molecule has 0 aliphatic heterocycles. The van der Waals surface area contributed by atoms with E-state index >= 15 is 0 Å². The van der Waals surface area contributed by atoms with Gasteiger partial charge in [-0.3, -0.25) is 4.79 Å². The van der Waals surface area contributed by atoms with Crippen LogP contribution in [0.3, 0.4) is 0 Å². The number of benzene rings is 2. The van der Waals surface area contributed by atoms with E-state index in [1.165, 1.54) is 11.3 Å². The van der Waals surface area contributed by atoms with Crippen LogP contribution < -0.4 is 14.8 Å². The molecule has 164 valence electrons. The van der Waals surface area contributed by atoms with E-state index in [1.54, 1.807) is 54.7 Å². The second kappa shape index (κ2) is 9.60. The third-order valence-corrected chi connectivity index (χ3v) is 6.13. The Morgan fingerprint density at radius 1 is 1.16 bits per heavy atom. The highest BCUT2D eigenvalue weighted by molar-refractivity contribution is 7.13. The molecule has 2 heterocycles. The van der Waals surface area contributed by atoms with E-state index in [9.17, 15) is 4.79 Å². The Morgan fingerprint density at radius 2 is 2.00 bits per heavy atom. The van der Waals surface area contributed by atoms with Crippen molar-refractivity contribution in [1.82, 2.24) is 14.8 Å². The van der Waals surface area contributed by atoms with Gasteiger partial charge in [0.25, 0.3) is 5.91 Å². The monoisotopic (exact) mass is 488 g/mol. The van der Waals surface area contributed by atoms with Gasteiger partial charge >= 0.3 is 0 Å². The number of rotatable bonds is 7. The number of nitrogens with zero attached hydrogens (tertiary/aromatic N) is 3. The number of hydrogen-bond donors (Lipinski definition) is 1. The molecule has 1 amide bonds. The second-order valence-electron chi connectivity index (χ2n) is 6.64. The molecule has 0 fully saturated rings. The lowest BCUT2D eigenvalue weighted by Crippen LogP contribution is -2.16. The molecule has 4 rings (SSSR count). The Labute approximate surface area is 198 Å². The van der Waals surface area contributed by atoms with E-state index < -0.39 is 0 Å². The van der Waals surface area contributed by atoms with Gasteiger partial charge in [-0.2, -0.15) is 5.10 Å². The highest BCUT2D eigenvalue weighted by atomic mass is 35.5. The summed E-state index contributed by atoms with van der Waals surface area (Å²) >= 11 is 13.6. The topological polar surface area (TPSA) is 78.3 Å². The number of para-hydroxylation sites is 1. The lowest BCUT2D eigenvalue weighted by atomic mass is 10.2. The maximum absolute atomic E-state index is 12.8. The zero-order valence-electron chi connectivity index (χ0n) is 17.1. The quantitative estimate of drug-likeness (QED) is 0.364.